The molecule has 2 aromatic carbocycles. The summed E-state index contributed by atoms with van der Waals surface area (Å²) in [6, 6.07) is 15.2. The minimum absolute atomic E-state index is 0.0160. The maximum Gasteiger partial charge on any atom is 0.257 e. The number of unbranched alkanes of at least 4 members (excludes halogenated alkanes) is 2. The Bertz CT molecular complexity index is 906. The molecule has 0 saturated heterocycles. The maximum atomic E-state index is 11.8. The first-order chi connectivity index (χ1) is 13.7. The van der Waals surface area contributed by atoms with Crippen LogP contribution >= 0.6 is 11.6 Å². The van der Waals surface area contributed by atoms with E-state index in [9.17, 15) is 4.79 Å². The summed E-state index contributed by atoms with van der Waals surface area (Å²) < 4.78 is 7.71. The number of para-hydroxylation sites is 2. The van der Waals surface area contributed by atoms with Crippen molar-refractivity contribution in [2.24, 2.45) is 0 Å². The van der Waals surface area contributed by atoms with Gasteiger partial charge in [0.05, 0.1) is 11.0 Å². The first-order valence-electron chi connectivity index (χ1n) is 9.76. The predicted molar refractivity (Wildman–Crippen MR) is 113 cm³/mol. The third-order valence-electron chi connectivity index (χ3n) is 4.63. The number of rotatable bonds is 10. The van der Waals surface area contributed by atoms with Gasteiger partial charge in [-0.3, -0.25) is 4.79 Å². The fourth-order valence-corrected chi connectivity index (χ4v) is 3.34. The summed E-state index contributed by atoms with van der Waals surface area (Å²) in [5.74, 6) is 1.67. The molecule has 0 aliphatic carbocycles. The van der Waals surface area contributed by atoms with E-state index >= 15 is 0 Å². The second-order valence-corrected chi connectivity index (χ2v) is 7.10. The SMILES string of the molecule is CCn1c(CCCCCNC(=O)COc2ccc(Cl)cc2)nc2ccccc21. The lowest BCUT2D eigenvalue weighted by molar-refractivity contribution is -0.123. The van der Waals surface area contributed by atoms with Crippen LogP contribution in [0.15, 0.2) is 48.5 Å². The Morgan fingerprint density at radius 2 is 1.89 bits per heavy atom. The summed E-state index contributed by atoms with van der Waals surface area (Å²) in [6.45, 7) is 3.76. The highest BCUT2D eigenvalue weighted by Gasteiger charge is 2.08. The smallest absolute Gasteiger partial charge is 0.257 e. The molecule has 148 valence electrons. The molecule has 0 bridgehead atoms. The van der Waals surface area contributed by atoms with E-state index < -0.39 is 0 Å². The number of halogens is 1. The van der Waals surface area contributed by atoms with Gasteiger partial charge in [-0.1, -0.05) is 30.2 Å². The second-order valence-electron chi connectivity index (χ2n) is 6.66. The minimum atomic E-state index is -0.109. The van der Waals surface area contributed by atoms with Crippen molar-refractivity contribution in [3.63, 3.8) is 0 Å². The summed E-state index contributed by atoms with van der Waals surface area (Å²) in [4.78, 5) is 16.6. The molecule has 0 spiro atoms. The lowest BCUT2D eigenvalue weighted by Crippen LogP contribution is -2.29. The zero-order valence-electron chi connectivity index (χ0n) is 16.2. The van der Waals surface area contributed by atoms with E-state index in [1.54, 1.807) is 24.3 Å². The largest absolute Gasteiger partial charge is 0.484 e. The van der Waals surface area contributed by atoms with Crippen LogP contribution in [-0.2, 0) is 17.8 Å². The molecule has 1 heterocycles. The predicted octanol–water partition coefficient (Wildman–Crippen LogP) is 4.62. The van der Waals surface area contributed by atoms with Gasteiger partial charge in [0.25, 0.3) is 5.91 Å². The maximum absolute atomic E-state index is 11.8. The minimum Gasteiger partial charge on any atom is -0.484 e. The van der Waals surface area contributed by atoms with Crippen LogP contribution in [-0.4, -0.2) is 28.6 Å². The van der Waals surface area contributed by atoms with Gasteiger partial charge >= 0.3 is 0 Å². The molecule has 0 aliphatic heterocycles. The molecule has 0 radical (unpaired) electrons. The molecular weight excluding hydrogens is 374 g/mol. The molecule has 5 nitrogen and oxygen atoms in total. The number of carbonyl (C=O) groups is 1. The van der Waals surface area contributed by atoms with Gasteiger partial charge in [0, 0.05) is 24.5 Å². The van der Waals surface area contributed by atoms with Crippen LogP contribution in [0.4, 0.5) is 0 Å². The Morgan fingerprint density at radius 3 is 2.68 bits per heavy atom. The second kappa shape index (κ2) is 10.1. The Hall–Kier alpha value is -2.53. The van der Waals surface area contributed by atoms with Crippen LogP contribution in [0.5, 0.6) is 5.75 Å². The first kappa shape index (κ1) is 20.2. The number of hydrogen-bond donors (Lipinski definition) is 1. The molecule has 0 saturated carbocycles. The molecule has 0 unspecified atom stereocenters. The van der Waals surface area contributed by atoms with Gasteiger partial charge in [-0.15, -0.1) is 0 Å². The third-order valence-corrected chi connectivity index (χ3v) is 4.88. The highest BCUT2D eigenvalue weighted by molar-refractivity contribution is 6.30. The number of amides is 1. The Balaban J connectivity index is 1.33. The highest BCUT2D eigenvalue weighted by Crippen LogP contribution is 2.18. The number of nitrogens with one attached hydrogen (secondary N) is 1. The van der Waals surface area contributed by atoms with Gasteiger partial charge in [-0.2, -0.15) is 0 Å². The number of aromatic nitrogens is 2. The Kier molecular flexibility index (Phi) is 7.31. The van der Waals surface area contributed by atoms with Gasteiger partial charge in [0.1, 0.15) is 11.6 Å². The lowest BCUT2D eigenvalue weighted by Gasteiger charge is -2.08. The molecule has 0 atom stereocenters. The number of imidazole rings is 1. The van der Waals surface area contributed by atoms with Crippen LogP contribution in [0, 0.1) is 0 Å². The molecule has 6 heteroatoms. The zero-order chi connectivity index (χ0) is 19.8. The first-order valence-corrected chi connectivity index (χ1v) is 10.1. The Labute approximate surface area is 170 Å². The van der Waals surface area contributed by atoms with Crippen LogP contribution in [0.1, 0.15) is 32.0 Å². The van der Waals surface area contributed by atoms with E-state index in [2.05, 4.69) is 35.0 Å². The molecule has 28 heavy (non-hydrogen) atoms. The fourth-order valence-electron chi connectivity index (χ4n) is 3.21. The van der Waals surface area contributed by atoms with Crippen molar-refractivity contribution < 1.29 is 9.53 Å². The van der Waals surface area contributed by atoms with Crippen LogP contribution in [0.3, 0.4) is 0 Å². The van der Waals surface area contributed by atoms with Crippen molar-refractivity contribution in [3.05, 3.63) is 59.4 Å². The number of carbonyl (C=O) groups excluding carboxylic acids is 1. The quantitative estimate of drug-likeness (QED) is 0.506. The summed E-state index contributed by atoms with van der Waals surface area (Å²) in [5.41, 5.74) is 2.26. The van der Waals surface area contributed by atoms with E-state index in [1.807, 2.05) is 6.07 Å². The topological polar surface area (TPSA) is 56.2 Å². The van der Waals surface area contributed by atoms with Crippen LogP contribution in [0.25, 0.3) is 11.0 Å². The van der Waals surface area contributed by atoms with Gasteiger partial charge in [0.15, 0.2) is 6.61 Å². The van der Waals surface area contributed by atoms with Gasteiger partial charge in [-0.25, -0.2) is 4.98 Å². The molecule has 0 fully saturated rings. The van der Waals surface area contributed by atoms with Crippen molar-refractivity contribution in [2.75, 3.05) is 13.2 Å². The van der Waals surface area contributed by atoms with Crippen molar-refractivity contribution in [1.82, 2.24) is 14.9 Å². The monoisotopic (exact) mass is 399 g/mol. The number of ether oxygens (including phenoxy) is 1. The highest BCUT2D eigenvalue weighted by atomic mass is 35.5. The summed E-state index contributed by atoms with van der Waals surface area (Å²) in [6.07, 6.45) is 4.00. The third kappa shape index (κ3) is 5.49. The van der Waals surface area contributed by atoms with E-state index in [0.717, 1.165) is 43.6 Å². The fraction of sp³-hybridized carbons (Fsp3) is 0.364. The molecule has 1 aromatic heterocycles. The number of fused-ring (bicyclic) bond motifs is 1. The normalized spacial score (nSPS) is 10.9. The van der Waals surface area contributed by atoms with Gasteiger partial charge in [0.2, 0.25) is 0 Å². The van der Waals surface area contributed by atoms with E-state index in [1.165, 1.54) is 5.52 Å². The van der Waals surface area contributed by atoms with E-state index in [4.69, 9.17) is 21.3 Å². The van der Waals surface area contributed by atoms with Crippen molar-refractivity contribution in [2.45, 2.75) is 39.2 Å². The standard InChI is InChI=1S/C22H26ClN3O2/c1-2-26-20-9-6-5-8-19(20)25-21(26)10-4-3-7-15-24-22(27)16-28-18-13-11-17(23)12-14-18/h5-6,8-9,11-14H,2-4,7,10,15-16H2,1H3,(H,24,27). The number of hydrogen-bond acceptors (Lipinski definition) is 3. The summed E-state index contributed by atoms with van der Waals surface area (Å²) >= 11 is 5.82. The molecule has 3 rings (SSSR count). The lowest BCUT2D eigenvalue weighted by atomic mass is 10.2. The summed E-state index contributed by atoms with van der Waals surface area (Å²) in [7, 11) is 0. The van der Waals surface area contributed by atoms with Crippen molar-refractivity contribution in [3.8, 4) is 5.75 Å². The number of nitrogens with zero attached hydrogens (tertiary/aromatic N) is 2. The van der Waals surface area contributed by atoms with Gasteiger partial charge < -0.3 is 14.6 Å². The molecule has 3 aromatic rings. The summed E-state index contributed by atoms with van der Waals surface area (Å²) in [5, 5.41) is 3.54. The van der Waals surface area contributed by atoms with Crippen molar-refractivity contribution in [1.29, 1.82) is 0 Å². The zero-order valence-corrected chi connectivity index (χ0v) is 16.9. The van der Waals surface area contributed by atoms with E-state index in [-0.39, 0.29) is 12.5 Å². The number of benzene rings is 2. The molecule has 0 aliphatic rings. The van der Waals surface area contributed by atoms with Crippen LogP contribution in [0.2, 0.25) is 5.02 Å². The molecular formula is C22H26ClN3O2. The molecule has 1 N–H and O–H groups in total. The van der Waals surface area contributed by atoms with E-state index in [0.29, 0.717) is 17.3 Å². The van der Waals surface area contributed by atoms with Crippen molar-refractivity contribution >= 4 is 28.5 Å². The van der Waals surface area contributed by atoms with Crippen LogP contribution < -0.4 is 10.1 Å². The Morgan fingerprint density at radius 1 is 1.11 bits per heavy atom. The average molecular weight is 400 g/mol. The van der Waals surface area contributed by atoms with Gasteiger partial charge in [-0.05, 0) is 56.2 Å². The number of aryl methyl sites for hydroxylation is 2. The molecule has 1 amide bonds. The average Bonchev–Trinajstić information content (AvgIpc) is 3.07.